The standard InChI is InChI=1S/C55H48N2/c1-35-17-23-40(24-18-35)56(41-25-21-39(22-26-41)54(3,4)5)42-27-28-45-48(33-42)55(6,7)49-34-52(43-15-11-12-16-44(43)53(45)49)57-50-29-19-36(2)31-46(50)47-32-38(20-30-51(47)57)37-13-9-8-10-14-37/h8-34H,1-7H3. The van der Waals surface area contributed by atoms with Crippen LogP contribution in [0.15, 0.2) is 164 Å². The highest BCUT2D eigenvalue weighted by Crippen LogP contribution is 2.54. The number of hydrogen-bond donors (Lipinski definition) is 0. The lowest BCUT2D eigenvalue weighted by Crippen LogP contribution is -2.17. The van der Waals surface area contributed by atoms with E-state index < -0.39 is 0 Å². The van der Waals surface area contributed by atoms with Crippen LogP contribution in [-0.4, -0.2) is 4.57 Å². The molecule has 0 bridgehead atoms. The van der Waals surface area contributed by atoms with Crippen molar-refractivity contribution in [2.45, 2.75) is 59.3 Å². The quantitative estimate of drug-likeness (QED) is 0.171. The highest BCUT2D eigenvalue weighted by Gasteiger charge is 2.38. The van der Waals surface area contributed by atoms with Crippen LogP contribution in [0.25, 0.3) is 60.5 Å². The molecule has 10 rings (SSSR count). The van der Waals surface area contributed by atoms with Gasteiger partial charge in [0.05, 0.1) is 16.7 Å². The van der Waals surface area contributed by atoms with E-state index in [0.717, 1.165) is 11.4 Å². The van der Waals surface area contributed by atoms with Gasteiger partial charge in [0.2, 0.25) is 0 Å². The molecule has 0 radical (unpaired) electrons. The lowest BCUT2D eigenvalue weighted by molar-refractivity contribution is 0.590. The molecule has 1 aliphatic rings. The zero-order valence-electron chi connectivity index (χ0n) is 34.0. The van der Waals surface area contributed by atoms with Gasteiger partial charge in [0.1, 0.15) is 0 Å². The molecule has 278 valence electrons. The second-order valence-electron chi connectivity index (χ2n) is 17.6. The molecule has 0 fully saturated rings. The van der Waals surface area contributed by atoms with Gasteiger partial charge in [0.25, 0.3) is 0 Å². The van der Waals surface area contributed by atoms with Crippen molar-refractivity contribution in [1.82, 2.24) is 4.57 Å². The molecule has 0 aliphatic heterocycles. The van der Waals surface area contributed by atoms with E-state index in [-0.39, 0.29) is 10.8 Å². The van der Waals surface area contributed by atoms with Crippen LogP contribution in [0.5, 0.6) is 0 Å². The molecule has 0 unspecified atom stereocenters. The number of aromatic nitrogens is 1. The minimum Gasteiger partial charge on any atom is -0.310 e. The molecule has 1 aliphatic carbocycles. The third-order valence-electron chi connectivity index (χ3n) is 12.5. The summed E-state index contributed by atoms with van der Waals surface area (Å²) in [5.74, 6) is 0. The van der Waals surface area contributed by atoms with Crippen molar-refractivity contribution in [2.75, 3.05) is 4.90 Å². The van der Waals surface area contributed by atoms with Crippen LogP contribution in [0.4, 0.5) is 17.1 Å². The Balaban J connectivity index is 1.17. The molecular weight excluding hydrogens is 689 g/mol. The molecule has 2 heteroatoms. The van der Waals surface area contributed by atoms with Gasteiger partial charge in [0, 0.05) is 38.6 Å². The van der Waals surface area contributed by atoms with E-state index in [1.807, 2.05) is 0 Å². The first-order valence-electron chi connectivity index (χ1n) is 20.3. The topological polar surface area (TPSA) is 8.17 Å². The van der Waals surface area contributed by atoms with Gasteiger partial charge in [-0.1, -0.05) is 143 Å². The molecule has 0 spiro atoms. The third-order valence-corrected chi connectivity index (χ3v) is 12.5. The third kappa shape index (κ3) is 5.61. The first-order chi connectivity index (χ1) is 27.5. The average Bonchev–Trinajstić information content (AvgIpc) is 3.65. The highest BCUT2D eigenvalue weighted by molar-refractivity contribution is 6.13. The van der Waals surface area contributed by atoms with Crippen molar-refractivity contribution < 1.29 is 0 Å². The van der Waals surface area contributed by atoms with Crippen LogP contribution < -0.4 is 4.90 Å². The molecule has 9 aromatic rings. The number of nitrogens with zero attached hydrogens (tertiary/aromatic N) is 2. The molecule has 0 saturated heterocycles. The summed E-state index contributed by atoms with van der Waals surface area (Å²) >= 11 is 0. The number of anilines is 3. The number of benzene rings is 8. The van der Waals surface area contributed by atoms with Crippen LogP contribution in [-0.2, 0) is 10.8 Å². The Morgan fingerprint density at radius 2 is 1.07 bits per heavy atom. The van der Waals surface area contributed by atoms with Crippen molar-refractivity contribution in [3.63, 3.8) is 0 Å². The molecule has 1 heterocycles. The maximum absolute atomic E-state index is 2.52. The fourth-order valence-electron chi connectivity index (χ4n) is 9.33. The zero-order chi connectivity index (χ0) is 39.2. The van der Waals surface area contributed by atoms with Crippen LogP contribution in [0.1, 0.15) is 62.4 Å². The lowest BCUT2D eigenvalue weighted by atomic mass is 9.81. The average molecular weight is 737 g/mol. The normalized spacial score (nSPS) is 13.3. The molecule has 0 amide bonds. The fourth-order valence-corrected chi connectivity index (χ4v) is 9.33. The van der Waals surface area contributed by atoms with Crippen LogP contribution >= 0.6 is 0 Å². The summed E-state index contributed by atoms with van der Waals surface area (Å²) in [5, 5.41) is 5.11. The molecule has 1 aromatic heterocycles. The maximum atomic E-state index is 2.52. The van der Waals surface area contributed by atoms with Gasteiger partial charge in [0.15, 0.2) is 0 Å². The van der Waals surface area contributed by atoms with Gasteiger partial charge >= 0.3 is 0 Å². The van der Waals surface area contributed by atoms with Crippen molar-refractivity contribution in [1.29, 1.82) is 0 Å². The number of aryl methyl sites for hydroxylation is 2. The van der Waals surface area contributed by atoms with Crippen molar-refractivity contribution in [3.8, 4) is 27.9 Å². The second-order valence-corrected chi connectivity index (χ2v) is 17.6. The summed E-state index contributed by atoms with van der Waals surface area (Å²) in [7, 11) is 0. The molecule has 0 atom stereocenters. The maximum Gasteiger partial charge on any atom is 0.0544 e. The molecule has 0 N–H and O–H groups in total. The fraction of sp³-hybridized carbons (Fsp3) is 0.164. The number of fused-ring (bicyclic) bond motifs is 8. The molecule has 2 nitrogen and oxygen atoms in total. The van der Waals surface area contributed by atoms with Gasteiger partial charge in [-0.3, -0.25) is 0 Å². The molecule has 0 saturated carbocycles. The minimum absolute atomic E-state index is 0.0848. The van der Waals surface area contributed by atoms with Crippen molar-refractivity contribution in [3.05, 3.63) is 192 Å². The monoisotopic (exact) mass is 736 g/mol. The van der Waals surface area contributed by atoms with Gasteiger partial charge in [-0.15, -0.1) is 0 Å². The molecule has 57 heavy (non-hydrogen) atoms. The smallest absolute Gasteiger partial charge is 0.0544 e. The Labute approximate surface area is 336 Å². The lowest BCUT2D eigenvalue weighted by Gasteiger charge is -2.29. The molecule has 8 aromatic carbocycles. The second kappa shape index (κ2) is 12.8. The largest absolute Gasteiger partial charge is 0.310 e. The minimum atomic E-state index is -0.246. The Bertz CT molecular complexity index is 3010. The van der Waals surface area contributed by atoms with Crippen LogP contribution in [0, 0.1) is 13.8 Å². The van der Waals surface area contributed by atoms with E-state index in [2.05, 4.69) is 222 Å². The summed E-state index contributed by atoms with van der Waals surface area (Å²) in [6, 6.07) is 61.4. The summed E-state index contributed by atoms with van der Waals surface area (Å²) in [6.07, 6.45) is 0. The van der Waals surface area contributed by atoms with Gasteiger partial charge in [-0.05, 0) is 130 Å². The van der Waals surface area contributed by atoms with E-state index in [1.54, 1.807) is 0 Å². The Kier molecular flexibility index (Phi) is 7.89. The summed E-state index contributed by atoms with van der Waals surface area (Å²) in [4.78, 5) is 2.42. The van der Waals surface area contributed by atoms with E-state index in [9.17, 15) is 0 Å². The van der Waals surface area contributed by atoms with E-state index >= 15 is 0 Å². The summed E-state index contributed by atoms with van der Waals surface area (Å²) < 4.78 is 2.52. The first-order valence-corrected chi connectivity index (χ1v) is 20.3. The predicted molar refractivity (Wildman–Crippen MR) is 244 cm³/mol. The van der Waals surface area contributed by atoms with Crippen LogP contribution in [0.3, 0.4) is 0 Å². The van der Waals surface area contributed by atoms with Crippen LogP contribution in [0.2, 0.25) is 0 Å². The Morgan fingerprint density at radius 3 is 1.77 bits per heavy atom. The van der Waals surface area contributed by atoms with E-state index in [4.69, 9.17) is 0 Å². The first kappa shape index (κ1) is 35.1. The summed E-state index contributed by atoms with van der Waals surface area (Å²) in [6.45, 7) is 16.0. The highest BCUT2D eigenvalue weighted by atomic mass is 15.1. The summed E-state index contributed by atoms with van der Waals surface area (Å²) in [5.41, 5.74) is 18.7. The predicted octanol–water partition coefficient (Wildman–Crippen LogP) is 15.3. The number of hydrogen-bond acceptors (Lipinski definition) is 1. The van der Waals surface area contributed by atoms with Crippen molar-refractivity contribution >= 4 is 49.6 Å². The zero-order valence-corrected chi connectivity index (χ0v) is 34.0. The molecular formula is C55H48N2. The van der Waals surface area contributed by atoms with E-state index in [0.29, 0.717) is 0 Å². The Hall–Kier alpha value is -6.38. The van der Waals surface area contributed by atoms with Gasteiger partial charge in [-0.2, -0.15) is 0 Å². The van der Waals surface area contributed by atoms with E-state index in [1.165, 1.54) is 94.0 Å². The Morgan fingerprint density at radius 1 is 0.474 bits per heavy atom. The SMILES string of the molecule is Cc1ccc(N(c2ccc(C(C)(C)C)cc2)c2ccc3c(c2)C(C)(C)c2cc(-n4c5ccc(C)cc5c5cc(-c6ccccc6)ccc54)c4ccccc4c2-3)cc1. The van der Waals surface area contributed by atoms with Crippen molar-refractivity contribution in [2.24, 2.45) is 0 Å². The number of rotatable bonds is 5. The van der Waals surface area contributed by atoms with Gasteiger partial charge in [-0.25, -0.2) is 0 Å². The van der Waals surface area contributed by atoms with Gasteiger partial charge < -0.3 is 9.47 Å².